The maximum absolute atomic E-state index is 13.6. The number of carbonyl (C=O) groups excluding carboxylic acids is 2. The van der Waals surface area contributed by atoms with E-state index in [-0.39, 0.29) is 47.1 Å². The number of methoxy groups -OCH3 is 2. The van der Waals surface area contributed by atoms with Crippen LogP contribution in [0.5, 0.6) is 11.5 Å². The number of nitrogens with zero attached hydrogens (tertiary/aromatic N) is 2. The normalized spacial score (nSPS) is 11.4. The second-order valence-electron chi connectivity index (χ2n) is 7.19. The Kier molecular flexibility index (Phi) is 8.57. The third-order valence-electron chi connectivity index (χ3n) is 5.21. The van der Waals surface area contributed by atoms with Gasteiger partial charge < -0.3 is 19.4 Å². The molecule has 4 aromatic rings. The summed E-state index contributed by atoms with van der Waals surface area (Å²) in [6.45, 7) is 0. The van der Waals surface area contributed by atoms with E-state index in [1.165, 1.54) is 7.11 Å². The Morgan fingerprint density at radius 2 is 1.38 bits per heavy atom. The molecular formula is C25H19N2NaO5S. The number of Topliss-reactive ketones (excluding diaryl/α,β-unsaturated/α-hetero) is 1. The van der Waals surface area contributed by atoms with Crippen molar-refractivity contribution in [1.82, 2.24) is 8.75 Å². The van der Waals surface area contributed by atoms with E-state index >= 15 is 0 Å². The Bertz CT molecular complexity index is 1350. The van der Waals surface area contributed by atoms with Crippen molar-refractivity contribution in [2.24, 2.45) is 0 Å². The van der Waals surface area contributed by atoms with Gasteiger partial charge in [0.1, 0.15) is 22.5 Å². The molecule has 0 aliphatic heterocycles. The van der Waals surface area contributed by atoms with Crippen molar-refractivity contribution in [3.63, 3.8) is 0 Å². The summed E-state index contributed by atoms with van der Waals surface area (Å²) in [7, 11) is 3.09. The van der Waals surface area contributed by atoms with Crippen LogP contribution in [-0.4, -0.2) is 34.7 Å². The number of rotatable bonds is 8. The maximum atomic E-state index is 13.6. The van der Waals surface area contributed by atoms with Gasteiger partial charge in [-0.2, -0.15) is 8.75 Å². The topological polar surface area (TPSA) is 101 Å². The van der Waals surface area contributed by atoms with E-state index in [0.29, 0.717) is 33.7 Å². The second kappa shape index (κ2) is 11.4. The van der Waals surface area contributed by atoms with E-state index in [1.54, 1.807) is 73.8 Å². The van der Waals surface area contributed by atoms with Crippen LogP contribution in [0.25, 0.3) is 16.6 Å². The second-order valence-corrected chi connectivity index (χ2v) is 7.72. The molecule has 0 amide bonds. The summed E-state index contributed by atoms with van der Waals surface area (Å²) < 4.78 is 18.7. The van der Waals surface area contributed by atoms with Crippen LogP contribution in [-0.2, 0) is 11.2 Å². The number of hydrogen-bond acceptors (Lipinski definition) is 8. The number of aromatic nitrogens is 2. The first kappa shape index (κ1) is 25.6. The number of carboxylic acid groups (broad SMARTS) is 1. The van der Waals surface area contributed by atoms with Crippen molar-refractivity contribution >= 4 is 40.1 Å². The smallest absolute Gasteiger partial charge is 0.545 e. The van der Waals surface area contributed by atoms with E-state index in [9.17, 15) is 14.7 Å². The van der Waals surface area contributed by atoms with Gasteiger partial charge in [-0.05, 0) is 59.7 Å². The first-order chi connectivity index (χ1) is 16.0. The molecule has 0 spiro atoms. The van der Waals surface area contributed by atoms with Crippen molar-refractivity contribution < 1.29 is 53.7 Å². The Balaban J connectivity index is 0.00000324. The molecule has 0 aliphatic carbocycles. The molecule has 3 aromatic carbocycles. The predicted octanol–water partition coefficient (Wildman–Crippen LogP) is 0.342. The molecule has 0 fully saturated rings. The fraction of sp³-hybridized carbons (Fsp3) is 0.120. The number of ketones is 1. The summed E-state index contributed by atoms with van der Waals surface area (Å²) in [4.78, 5) is 25.9. The Hall–Kier alpha value is -3.04. The van der Waals surface area contributed by atoms with Crippen molar-refractivity contribution in [3.8, 4) is 11.5 Å². The van der Waals surface area contributed by atoms with Crippen LogP contribution in [0.4, 0.5) is 0 Å². The van der Waals surface area contributed by atoms with Crippen molar-refractivity contribution in [1.29, 1.82) is 0 Å². The van der Waals surface area contributed by atoms with Crippen molar-refractivity contribution in [3.05, 3.63) is 89.0 Å². The molecule has 1 heterocycles. The van der Waals surface area contributed by atoms with Crippen LogP contribution in [0, 0.1) is 0 Å². The maximum Gasteiger partial charge on any atom is 1.00 e. The van der Waals surface area contributed by atoms with Gasteiger partial charge in [0.15, 0.2) is 5.78 Å². The van der Waals surface area contributed by atoms with Crippen molar-refractivity contribution in [2.45, 2.75) is 6.42 Å². The largest absolute Gasteiger partial charge is 1.00 e. The summed E-state index contributed by atoms with van der Waals surface area (Å²) in [6.07, 6.45) is 0.0888. The average molecular weight is 482 g/mol. The van der Waals surface area contributed by atoms with Gasteiger partial charge in [0.25, 0.3) is 0 Å². The Morgan fingerprint density at radius 1 is 0.824 bits per heavy atom. The summed E-state index contributed by atoms with van der Waals surface area (Å²) in [6, 6.07) is 18.5. The minimum absolute atomic E-state index is 0. The van der Waals surface area contributed by atoms with E-state index in [1.807, 2.05) is 0 Å². The predicted molar refractivity (Wildman–Crippen MR) is 123 cm³/mol. The molecule has 1 aromatic heterocycles. The number of ether oxygens (including phenoxy) is 2. The molecule has 7 nitrogen and oxygen atoms in total. The van der Waals surface area contributed by atoms with Crippen LogP contribution in [0.15, 0.2) is 72.3 Å². The zero-order chi connectivity index (χ0) is 23.4. The minimum Gasteiger partial charge on any atom is -0.545 e. The number of carboxylic acids is 1. The SMILES string of the molecule is COc1ccc(C/C(C(=O)c2ccc(OC)cc2)=C(\C(=O)[O-])c2ccc3nsnc3c2)cc1.[Na+]. The zero-order valence-corrected chi connectivity index (χ0v) is 21.7. The van der Waals surface area contributed by atoms with Crippen LogP contribution < -0.4 is 44.1 Å². The van der Waals surface area contributed by atoms with Gasteiger partial charge in [-0.3, -0.25) is 4.79 Å². The first-order valence-corrected chi connectivity index (χ1v) is 10.7. The summed E-state index contributed by atoms with van der Waals surface area (Å²) in [5, 5.41) is 12.3. The third kappa shape index (κ3) is 5.53. The van der Waals surface area contributed by atoms with E-state index in [4.69, 9.17) is 9.47 Å². The van der Waals surface area contributed by atoms with Gasteiger partial charge in [0, 0.05) is 23.1 Å². The number of fused-ring (bicyclic) bond motifs is 1. The molecule has 0 saturated carbocycles. The summed E-state index contributed by atoms with van der Waals surface area (Å²) >= 11 is 1.03. The molecule has 0 unspecified atom stereocenters. The standard InChI is InChI=1S/C25H20N2O5S.Na/c1-31-18-8-3-15(4-9-18)13-20(24(28)16-5-10-19(32-2)11-6-16)23(25(29)30)17-7-12-21-22(14-17)27-33-26-21;/h3-12,14H,13H2,1-2H3,(H,29,30);/q;+1/p-1/b23-20+;. The molecule has 0 N–H and O–H groups in total. The van der Waals surface area contributed by atoms with E-state index in [0.717, 1.165) is 17.3 Å². The van der Waals surface area contributed by atoms with Crippen LogP contribution in [0.1, 0.15) is 21.5 Å². The fourth-order valence-corrected chi connectivity index (χ4v) is 4.02. The van der Waals surface area contributed by atoms with E-state index in [2.05, 4.69) is 8.75 Å². The van der Waals surface area contributed by atoms with Crippen LogP contribution in [0.3, 0.4) is 0 Å². The van der Waals surface area contributed by atoms with Crippen molar-refractivity contribution in [2.75, 3.05) is 14.2 Å². The quantitative estimate of drug-likeness (QED) is 0.203. The third-order valence-corrected chi connectivity index (χ3v) is 5.77. The van der Waals surface area contributed by atoms with Gasteiger partial charge in [-0.1, -0.05) is 18.2 Å². The first-order valence-electron chi connectivity index (χ1n) is 9.99. The number of allylic oxidation sites excluding steroid dienone is 1. The van der Waals surface area contributed by atoms with E-state index < -0.39 is 11.8 Å². The average Bonchev–Trinajstić information content (AvgIpc) is 3.31. The molecule has 4 rings (SSSR count). The monoisotopic (exact) mass is 482 g/mol. The summed E-state index contributed by atoms with van der Waals surface area (Å²) in [5.74, 6) is -0.603. The molecule has 0 atom stereocenters. The number of hydrogen-bond donors (Lipinski definition) is 0. The molecule has 34 heavy (non-hydrogen) atoms. The minimum atomic E-state index is -1.44. The number of aliphatic carboxylic acids is 1. The zero-order valence-electron chi connectivity index (χ0n) is 18.9. The Morgan fingerprint density at radius 3 is 1.97 bits per heavy atom. The van der Waals surface area contributed by atoms with Gasteiger partial charge in [-0.25, -0.2) is 0 Å². The van der Waals surface area contributed by atoms with Crippen LogP contribution >= 0.6 is 11.7 Å². The van der Waals surface area contributed by atoms with Gasteiger partial charge in [0.2, 0.25) is 0 Å². The molecule has 166 valence electrons. The van der Waals surface area contributed by atoms with Gasteiger partial charge >= 0.3 is 29.6 Å². The Labute approximate surface area is 222 Å². The van der Waals surface area contributed by atoms with Gasteiger partial charge in [0.05, 0.1) is 31.9 Å². The van der Waals surface area contributed by atoms with Crippen LogP contribution in [0.2, 0.25) is 0 Å². The molecular weight excluding hydrogens is 463 g/mol. The molecule has 0 saturated heterocycles. The number of benzene rings is 3. The molecule has 9 heteroatoms. The summed E-state index contributed by atoms with van der Waals surface area (Å²) in [5.41, 5.74) is 2.56. The fourth-order valence-electron chi connectivity index (χ4n) is 3.50. The van der Waals surface area contributed by atoms with Gasteiger partial charge in [-0.15, -0.1) is 0 Å². The molecule has 0 radical (unpaired) electrons. The molecule has 0 bridgehead atoms. The number of carbonyl (C=O) groups is 2. The molecule has 0 aliphatic rings.